The Morgan fingerprint density at radius 2 is 2.50 bits per heavy atom. The molecule has 5 heteroatoms. The number of hydrogen-bond donors (Lipinski definition) is 1. The zero-order valence-corrected chi connectivity index (χ0v) is 7.43. The topological polar surface area (TPSA) is 74.9 Å². The van der Waals surface area contributed by atoms with Gasteiger partial charge in [-0.1, -0.05) is 0 Å². The van der Waals surface area contributed by atoms with Gasteiger partial charge in [0.15, 0.2) is 6.29 Å². The Balaban J connectivity index is 2.48. The number of nitrogens with zero attached hydrogens (tertiary/aromatic N) is 2. The fraction of sp³-hybridized carbons (Fsp3) is 0.222. The minimum Gasteiger partial charge on any atom is -0.344 e. The van der Waals surface area contributed by atoms with Crippen LogP contribution >= 0.6 is 0 Å². The second-order valence-corrected chi connectivity index (χ2v) is 2.67. The quantitative estimate of drug-likeness (QED) is 0.535. The van der Waals surface area contributed by atoms with Crippen molar-refractivity contribution in [1.29, 1.82) is 5.26 Å². The third kappa shape index (κ3) is 2.75. The average molecular weight is 191 g/mol. The van der Waals surface area contributed by atoms with Crippen LogP contribution in [0.1, 0.15) is 10.4 Å². The molecule has 1 aromatic heterocycles. The molecular formula is C9H9N3O2. The molecule has 0 unspecified atom stereocenters. The minimum atomic E-state index is -0.250. The SMILES string of the molecule is N#CCNC(=O)Cn1ccc(C=O)c1. The Hall–Kier alpha value is -2.09. The van der Waals surface area contributed by atoms with E-state index in [0.29, 0.717) is 11.8 Å². The van der Waals surface area contributed by atoms with Crippen molar-refractivity contribution in [1.82, 2.24) is 9.88 Å². The molecular weight excluding hydrogens is 182 g/mol. The van der Waals surface area contributed by atoms with Crippen molar-refractivity contribution in [3.05, 3.63) is 24.0 Å². The number of amides is 1. The van der Waals surface area contributed by atoms with Crippen LogP contribution in [0.4, 0.5) is 0 Å². The third-order valence-electron chi connectivity index (χ3n) is 1.60. The number of carbonyl (C=O) groups is 2. The molecule has 1 heterocycles. The van der Waals surface area contributed by atoms with Crippen LogP contribution in [0.3, 0.4) is 0 Å². The lowest BCUT2D eigenvalue weighted by Gasteiger charge is -2.01. The Morgan fingerprint density at radius 3 is 3.07 bits per heavy atom. The summed E-state index contributed by atoms with van der Waals surface area (Å²) in [6, 6.07) is 3.42. The number of aromatic nitrogens is 1. The lowest BCUT2D eigenvalue weighted by molar-refractivity contribution is -0.121. The third-order valence-corrected chi connectivity index (χ3v) is 1.60. The predicted molar refractivity (Wildman–Crippen MR) is 48.4 cm³/mol. The van der Waals surface area contributed by atoms with Crippen LogP contribution in [-0.4, -0.2) is 23.3 Å². The molecule has 0 aromatic carbocycles. The highest BCUT2D eigenvalue weighted by Gasteiger charge is 2.01. The number of carbonyl (C=O) groups excluding carboxylic acids is 2. The van der Waals surface area contributed by atoms with E-state index in [-0.39, 0.29) is 19.0 Å². The highest BCUT2D eigenvalue weighted by Crippen LogP contribution is 1.97. The first-order valence-electron chi connectivity index (χ1n) is 4.01. The van der Waals surface area contributed by atoms with Crippen LogP contribution in [0.25, 0.3) is 0 Å². The monoisotopic (exact) mass is 191 g/mol. The summed E-state index contributed by atoms with van der Waals surface area (Å²) in [5, 5.41) is 10.6. The number of hydrogen-bond acceptors (Lipinski definition) is 3. The molecule has 0 aliphatic heterocycles. The Kier molecular flexibility index (Phi) is 3.44. The van der Waals surface area contributed by atoms with Crippen molar-refractivity contribution in [3.63, 3.8) is 0 Å². The molecule has 0 radical (unpaired) electrons. The minimum absolute atomic E-state index is 0.000635. The van der Waals surface area contributed by atoms with Gasteiger partial charge in [-0.15, -0.1) is 0 Å². The summed E-state index contributed by atoms with van der Waals surface area (Å²) in [5.74, 6) is -0.250. The van der Waals surface area contributed by atoms with E-state index in [9.17, 15) is 9.59 Å². The van der Waals surface area contributed by atoms with Crippen LogP contribution in [0.15, 0.2) is 18.5 Å². The van der Waals surface area contributed by atoms with E-state index in [1.54, 1.807) is 29.1 Å². The molecule has 0 atom stereocenters. The molecule has 0 aliphatic rings. The standard InChI is InChI=1S/C9H9N3O2/c10-2-3-11-9(14)6-12-4-1-8(5-12)7-13/h1,4-5,7H,3,6H2,(H,11,14). The van der Waals surface area contributed by atoms with Gasteiger partial charge in [0.1, 0.15) is 13.1 Å². The van der Waals surface area contributed by atoms with Gasteiger partial charge in [0.25, 0.3) is 0 Å². The number of rotatable bonds is 4. The molecule has 14 heavy (non-hydrogen) atoms. The van der Waals surface area contributed by atoms with Crippen molar-refractivity contribution in [2.75, 3.05) is 6.54 Å². The average Bonchev–Trinajstić information content (AvgIpc) is 2.62. The van der Waals surface area contributed by atoms with E-state index in [1.165, 1.54) is 0 Å². The molecule has 0 bridgehead atoms. The van der Waals surface area contributed by atoms with Crippen molar-refractivity contribution < 1.29 is 9.59 Å². The molecule has 1 N–H and O–H groups in total. The maximum atomic E-state index is 11.1. The maximum Gasteiger partial charge on any atom is 0.240 e. The molecule has 72 valence electrons. The molecule has 0 fully saturated rings. The van der Waals surface area contributed by atoms with Gasteiger partial charge in [-0.05, 0) is 6.07 Å². The second kappa shape index (κ2) is 4.82. The van der Waals surface area contributed by atoms with E-state index in [0.717, 1.165) is 0 Å². The molecule has 0 aliphatic carbocycles. The van der Waals surface area contributed by atoms with Gasteiger partial charge in [0.2, 0.25) is 5.91 Å². The summed E-state index contributed by atoms with van der Waals surface area (Å²) in [7, 11) is 0. The van der Waals surface area contributed by atoms with Crippen molar-refractivity contribution in [2.45, 2.75) is 6.54 Å². The number of nitriles is 1. The first kappa shape index (κ1) is 9.99. The normalized spacial score (nSPS) is 9.07. The van der Waals surface area contributed by atoms with E-state index in [1.807, 2.05) is 0 Å². The summed E-state index contributed by atoms with van der Waals surface area (Å²) >= 11 is 0. The lowest BCUT2D eigenvalue weighted by atomic mass is 10.4. The summed E-state index contributed by atoms with van der Waals surface area (Å²) in [5.41, 5.74) is 0.526. The fourth-order valence-electron chi connectivity index (χ4n) is 0.987. The van der Waals surface area contributed by atoms with Crippen molar-refractivity contribution in [2.24, 2.45) is 0 Å². The Bertz CT molecular complexity index is 376. The van der Waals surface area contributed by atoms with Crippen LogP contribution in [0, 0.1) is 11.3 Å². The molecule has 0 saturated heterocycles. The van der Waals surface area contributed by atoms with Gasteiger partial charge in [0.05, 0.1) is 6.07 Å². The van der Waals surface area contributed by atoms with Crippen molar-refractivity contribution >= 4 is 12.2 Å². The molecule has 0 saturated carbocycles. The molecule has 5 nitrogen and oxygen atoms in total. The van der Waals surface area contributed by atoms with E-state index >= 15 is 0 Å². The molecule has 1 rings (SSSR count). The van der Waals surface area contributed by atoms with E-state index in [4.69, 9.17) is 5.26 Å². The summed E-state index contributed by atoms with van der Waals surface area (Å²) in [4.78, 5) is 21.4. The molecule has 0 spiro atoms. The number of aldehydes is 1. The highest BCUT2D eigenvalue weighted by molar-refractivity contribution is 5.77. The lowest BCUT2D eigenvalue weighted by Crippen LogP contribution is -2.27. The predicted octanol–water partition coefficient (Wildman–Crippen LogP) is -0.0596. The van der Waals surface area contributed by atoms with Gasteiger partial charge >= 0.3 is 0 Å². The van der Waals surface area contributed by atoms with E-state index < -0.39 is 0 Å². The Labute approximate surface area is 80.9 Å². The van der Waals surface area contributed by atoms with Crippen molar-refractivity contribution in [3.8, 4) is 6.07 Å². The summed E-state index contributed by atoms with van der Waals surface area (Å²) < 4.78 is 1.58. The van der Waals surface area contributed by atoms with Gasteiger partial charge < -0.3 is 9.88 Å². The zero-order chi connectivity index (χ0) is 10.4. The first-order valence-corrected chi connectivity index (χ1v) is 4.01. The van der Waals surface area contributed by atoms with Crippen LogP contribution in [-0.2, 0) is 11.3 Å². The van der Waals surface area contributed by atoms with Crippen LogP contribution in [0.2, 0.25) is 0 Å². The fourth-order valence-corrected chi connectivity index (χ4v) is 0.987. The number of nitrogens with one attached hydrogen (secondary N) is 1. The first-order chi connectivity index (χ1) is 6.76. The summed E-state index contributed by atoms with van der Waals surface area (Å²) in [6.45, 7) is 0.121. The van der Waals surface area contributed by atoms with Gasteiger partial charge in [-0.2, -0.15) is 5.26 Å². The largest absolute Gasteiger partial charge is 0.344 e. The van der Waals surface area contributed by atoms with Gasteiger partial charge in [-0.3, -0.25) is 9.59 Å². The van der Waals surface area contributed by atoms with Crippen LogP contribution < -0.4 is 5.32 Å². The summed E-state index contributed by atoms with van der Waals surface area (Å²) in [6.07, 6.45) is 3.92. The smallest absolute Gasteiger partial charge is 0.240 e. The zero-order valence-electron chi connectivity index (χ0n) is 7.43. The van der Waals surface area contributed by atoms with Gasteiger partial charge in [0, 0.05) is 18.0 Å². The second-order valence-electron chi connectivity index (χ2n) is 2.67. The highest BCUT2D eigenvalue weighted by atomic mass is 16.1. The van der Waals surface area contributed by atoms with Crippen LogP contribution in [0.5, 0.6) is 0 Å². The molecule has 1 amide bonds. The van der Waals surface area contributed by atoms with E-state index in [2.05, 4.69) is 5.32 Å². The van der Waals surface area contributed by atoms with Gasteiger partial charge in [-0.25, -0.2) is 0 Å². The Morgan fingerprint density at radius 1 is 1.71 bits per heavy atom. The molecule has 1 aromatic rings. The maximum absolute atomic E-state index is 11.1.